The van der Waals surface area contributed by atoms with Gasteiger partial charge in [0.1, 0.15) is 17.8 Å². The molecular formula is C18H17N5O4. The first kappa shape index (κ1) is 17.9. The molecule has 1 heterocycles. The molecule has 0 atom stereocenters. The van der Waals surface area contributed by atoms with Crippen molar-refractivity contribution in [1.82, 2.24) is 9.97 Å². The highest BCUT2D eigenvalue weighted by Gasteiger charge is 2.24. The third-order valence-corrected chi connectivity index (χ3v) is 3.72. The van der Waals surface area contributed by atoms with Gasteiger partial charge in [-0.1, -0.05) is 24.3 Å². The fraction of sp³-hybridized carbons (Fsp3) is 0.111. The molecule has 1 aromatic heterocycles. The number of nitrogens with zero attached hydrogens (tertiary/aromatic N) is 3. The van der Waals surface area contributed by atoms with E-state index in [-0.39, 0.29) is 17.3 Å². The van der Waals surface area contributed by atoms with E-state index in [1.54, 1.807) is 48.5 Å². The molecule has 0 radical (unpaired) electrons. The van der Waals surface area contributed by atoms with Crippen LogP contribution in [-0.2, 0) is 0 Å². The van der Waals surface area contributed by atoms with Crippen LogP contribution in [0.15, 0.2) is 54.9 Å². The highest BCUT2D eigenvalue weighted by molar-refractivity contribution is 5.79. The first-order chi connectivity index (χ1) is 13.1. The van der Waals surface area contributed by atoms with Crippen LogP contribution >= 0.6 is 0 Å². The molecule has 9 heteroatoms. The van der Waals surface area contributed by atoms with Crippen LogP contribution < -0.4 is 20.1 Å². The van der Waals surface area contributed by atoms with Gasteiger partial charge in [0.05, 0.1) is 30.5 Å². The van der Waals surface area contributed by atoms with E-state index in [9.17, 15) is 10.1 Å². The summed E-state index contributed by atoms with van der Waals surface area (Å²) in [5.41, 5.74) is 0.796. The molecule has 3 aromatic rings. The van der Waals surface area contributed by atoms with Crippen molar-refractivity contribution in [3.63, 3.8) is 0 Å². The molecule has 0 fully saturated rings. The average molecular weight is 367 g/mol. The van der Waals surface area contributed by atoms with E-state index in [1.165, 1.54) is 20.5 Å². The quantitative estimate of drug-likeness (QED) is 0.478. The number of hydrogen-bond acceptors (Lipinski definition) is 8. The molecule has 2 aromatic carbocycles. The number of nitro groups is 1. The summed E-state index contributed by atoms with van der Waals surface area (Å²) in [5.74, 6) is 1.14. The zero-order valence-corrected chi connectivity index (χ0v) is 14.7. The number of aromatic nitrogens is 2. The standard InChI is InChI=1S/C18H17N5O4/c1-26-14-9-5-3-7-12(14)21-17-16(23(24)25)18(20-11-19-17)22-13-8-4-6-10-15(13)27-2/h3-11H,1-2H3,(H2,19,20,21,22). The smallest absolute Gasteiger partial charge is 0.353 e. The number of methoxy groups -OCH3 is 2. The molecule has 0 unspecified atom stereocenters. The second-order valence-corrected chi connectivity index (χ2v) is 5.33. The average Bonchev–Trinajstić information content (AvgIpc) is 2.68. The van der Waals surface area contributed by atoms with Crippen LogP contribution in [0.25, 0.3) is 0 Å². The normalized spacial score (nSPS) is 10.1. The van der Waals surface area contributed by atoms with Gasteiger partial charge in [0.2, 0.25) is 11.6 Å². The molecule has 0 saturated heterocycles. The lowest BCUT2D eigenvalue weighted by atomic mass is 10.2. The van der Waals surface area contributed by atoms with Gasteiger partial charge in [-0.05, 0) is 24.3 Å². The summed E-state index contributed by atoms with van der Waals surface area (Å²) in [6.07, 6.45) is 1.24. The Hall–Kier alpha value is -3.88. The number of benzene rings is 2. The molecule has 3 rings (SSSR count). The minimum Gasteiger partial charge on any atom is -0.495 e. The van der Waals surface area contributed by atoms with Crippen molar-refractivity contribution in [3.05, 3.63) is 65.0 Å². The molecule has 0 saturated carbocycles. The first-order valence-corrected chi connectivity index (χ1v) is 7.93. The lowest BCUT2D eigenvalue weighted by molar-refractivity contribution is -0.383. The maximum atomic E-state index is 11.7. The zero-order chi connectivity index (χ0) is 19.2. The number of nitrogens with one attached hydrogen (secondary N) is 2. The summed E-state index contributed by atoms with van der Waals surface area (Å²) >= 11 is 0. The largest absolute Gasteiger partial charge is 0.495 e. The van der Waals surface area contributed by atoms with Crippen LogP contribution in [0.3, 0.4) is 0 Å². The van der Waals surface area contributed by atoms with Crippen molar-refractivity contribution in [2.75, 3.05) is 24.9 Å². The predicted molar refractivity (Wildman–Crippen MR) is 101 cm³/mol. The molecule has 0 spiro atoms. The van der Waals surface area contributed by atoms with E-state index in [1.807, 2.05) is 0 Å². The summed E-state index contributed by atoms with van der Waals surface area (Å²) < 4.78 is 10.5. The van der Waals surface area contributed by atoms with Gasteiger partial charge in [-0.25, -0.2) is 9.97 Å². The van der Waals surface area contributed by atoms with Gasteiger partial charge in [-0.2, -0.15) is 0 Å². The summed E-state index contributed by atoms with van der Waals surface area (Å²) in [6, 6.07) is 14.1. The fourth-order valence-corrected chi connectivity index (χ4v) is 2.49. The zero-order valence-electron chi connectivity index (χ0n) is 14.7. The SMILES string of the molecule is COc1ccccc1Nc1ncnc(Nc2ccccc2OC)c1[N+](=O)[O-]. The van der Waals surface area contributed by atoms with E-state index in [0.717, 1.165) is 0 Å². The summed E-state index contributed by atoms with van der Waals surface area (Å²) in [5, 5.41) is 17.6. The Morgan fingerprint density at radius 2 is 1.30 bits per heavy atom. The summed E-state index contributed by atoms with van der Waals surface area (Å²) in [6.45, 7) is 0. The van der Waals surface area contributed by atoms with Gasteiger partial charge in [0.15, 0.2) is 0 Å². The van der Waals surface area contributed by atoms with Crippen LogP contribution in [0.5, 0.6) is 11.5 Å². The van der Waals surface area contributed by atoms with E-state index >= 15 is 0 Å². The molecule has 0 aliphatic rings. The first-order valence-electron chi connectivity index (χ1n) is 7.93. The minimum atomic E-state index is -0.546. The molecule has 2 N–H and O–H groups in total. The Bertz CT molecular complexity index is 896. The maximum absolute atomic E-state index is 11.7. The highest BCUT2D eigenvalue weighted by atomic mass is 16.6. The van der Waals surface area contributed by atoms with Crippen LogP contribution in [-0.4, -0.2) is 29.1 Å². The fourth-order valence-electron chi connectivity index (χ4n) is 2.49. The third-order valence-electron chi connectivity index (χ3n) is 3.72. The molecule has 0 aliphatic carbocycles. The van der Waals surface area contributed by atoms with Crippen LogP contribution in [0, 0.1) is 10.1 Å². The van der Waals surface area contributed by atoms with Crippen molar-refractivity contribution in [3.8, 4) is 11.5 Å². The Balaban J connectivity index is 2.01. The molecule has 0 bridgehead atoms. The molecule has 0 amide bonds. The van der Waals surface area contributed by atoms with Gasteiger partial charge in [0.25, 0.3) is 0 Å². The van der Waals surface area contributed by atoms with Crippen LogP contribution in [0.1, 0.15) is 0 Å². The highest BCUT2D eigenvalue weighted by Crippen LogP contribution is 2.36. The Kier molecular flexibility index (Phi) is 5.31. The lowest BCUT2D eigenvalue weighted by Crippen LogP contribution is -2.06. The number of ether oxygens (including phenoxy) is 2. The molecule has 9 nitrogen and oxygen atoms in total. The number of anilines is 4. The number of para-hydroxylation sites is 4. The van der Waals surface area contributed by atoms with Gasteiger partial charge >= 0.3 is 5.69 Å². The molecule has 27 heavy (non-hydrogen) atoms. The summed E-state index contributed by atoms with van der Waals surface area (Å²) in [7, 11) is 3.03. The van der Waals surface area contributed by atoms with Gasteiger partial charge < -0.3 is 20.1 Å². The minimum absolute atomic E-state index is 0.0388. The monoisotopic (exact) mass is 367 g/mol. The number of rotatable bonds is 7. The second kappa shape index (κ2) is 8.00. The predicted octanol–water partition coefficient (Wildman–Crippen LogP) is 3.89. The van der Waals surface area contributed by atoms with E-state index in [0.29, 0.717) is 22.9 Å². The lowest BCUT2D eigenvalue weighted by Gasteiger charge is -2.13. The Labute approximate surface area is 155 Å². The van der Waals surface area contributed by atoms with E-state index < -0.39 is 4.92 Å². The van der Waals surface area contributed by atoms with Gasteiger partial charge in [-0.15, -0.1) is 0 Å². The third kappa shape index (κ3) is 3.87. The Morgan fingerprint density at radius 3 is 1.70 bits per heavy atom. The van der Waals surface area contributed by atoms with Crippen molar-refractivity contribution in [2.24, 2.45) is 0 Å². The van der Waals surface area contributed by atoms with Crippen molar-refractivity contribution in [1.29, 1.82) is 0 Å². The Morgan fingerprint density at radius 1 is 0.852 bits per heavy atom. The van der Waals surface area contributed by atoms with Crippen LogP contribution in [0.2, 0.25) is 0 Å². The molecular weight excluding hydrogens is 350 g/mol. The van der Waals surface area contributed by atoms with E-state index in [2.05, 4.69) is 20.6 Å². The number of hydrogen-bond donors (Lipinski definition) is 2. The molecule has 138 valence electrons. The van der Waals surface area contributed by atoms with Crippen LogP contribution in [0.4, 0.5) is 28.7 Å². The van der Waals surface area contributed by atoms with E-state index in [4.69, 9.17) is 9.47 Å². The second-order valence-electron chi connectivity index (χ2n) is 5.33. The van der Waals surface area contributed by atoms with Gasteiger partial charge in [0, 0.05) is 0 Å². The topological polar surface area (TPSA) is 111 Å². The van der Waals surface area contributed by atoms with Gasteiger partial charge in [-0.3, -0.25) is 10.1 Å². The van der Waals surface area contributed by atoms with Crippen molar-refractivity contribution in [2.45, 2.75) is 0 Å². The maximum Gasteiger partial charge on any atom is 0.353 e. The van der Waals surface area contributed by atoms with Crippen molar-refractivity contribution >= 4 is 28.7 Å². The van der Waals surface area contributed by atoms with Crippen molar-refractivity contribution < 1.29 is 14.4 Å². The summed E-state index contributed by atoms with van der Waals surface area (Å²) in [4.78, 5) is 19.2. The molecule has 0 aliphatic heterocycles.